The number of halogens is 1. The van der Waals surface area contributed by atoms with Gasteiger partial charge in [0.05, 0.1) is 24.0 Å². The topological polar surface area (TPSA) is 124 Å². The Labute approximate surface area is 195 Å². The van der Waals surface area contributed by atoms with Crippen molar-refractivity contribution in [1.82, 2.24) is 25.0 Å². The Bertz CT molecular complexity index is 1070. The third-order valence-corrected chi connectivity index (χ3v) is 4.84. The number of para-hydroxylation sites is 1. The van der Waals surface area contributed by atoms with Crippen molar-refractivity contribution in [1.29, 1.82) is 0 Å². The van der Waals surface area contributed by atoms with Crippen LogP contribution in [0.1, 0.15) is 36.0 Å². The summed E-state index contributed by atoms with van der Waals surface area (Å²) in [6.07, 6.45) is 4.52. The summed E-state index contributed by atoms with van der Waals surface area (Å²) in [4.78, 5) is 15.9. The van der Waals surface area contributed by atoms with Gasteiger partial charge in [-0.05, 0) is 31.4 Å². The molecule has 0 bridgehead atoms. The van der Waals surface area contributed by atoms with Crippen LogP contribution in [0.2, 0.25) is 5.15 Å². The molecule has 0 saturated carbocycles. The zero-order valence-electron chi connectivity index (χ0n) is 16.8. The number of methoxy groups -OCH3 is 1. The van der Waals surface area contributed by atoms with Crippen molar-refractivity contribution in [3.05, 3.63) is 41.4 Å². The van der Waals surface area contributed by atoms with Crippen LogP contribution >= 0.6 is 11.6 Å². The van der Waals surface area contributed by atoms with E-state index in [1.54, 1.807) is 23.1 Å². The van der Waals surface area contributed by atoms with Crippen molar-refractivity contribution in [2.24, 2.45) is 0 Å². The Hall–Kier alpha value is -2.62. The van der Waals surface area contributed by atoms with Crippen LogP contribution in [0.3, 0.4) is 0 Å². The number of anilines is 2. The Morgan fingerprint density at radius 2 is 2.16 bits per heavy atom. The smallest absolute Gasteiger partial charge is 0.358 e. The van der Waals surface area contributed by atoms with Gasteiger partial charge in [0.1, 0.15) is 6.33 Å². The number of nitrogens with one attached hydrogen (secondary N) is 1. The van der Waals surface area contributed by atoms with Gasteiger partial charge in [0, 0.05) is 32.2 Å². The van der Waals surface area contributed by atoms with E-state index >= 15 is 0 Å². The molecular formula is C19H19ClN6O4Zn. The first kappa shape index (κ1) is 23.1. The molecule has 12 heteroatoms. The summed E-state index contributed by atoms with van der Waals surface area (Å²) in [5.41, 5.74) is 1.07. The summed E-state index contributed by atoms with van der Waals surface area (Å²) in [5.74, 6) is -0.317. The van der Waals surface area contributed by atoms with Gasteiger partial charge in [-0.25, -0.2) is 14.5 Å². The summed E-state index contributed by atoms with van der Waals surface area (Å²) in [5, 5.41) is 24.2. The Kier molecular flexibility index (Phi) is 7.53. The molecule has 1 saturated heterocycles. The SMILES string of the molecule is COc1c(Nc2cc(Cl)nnc2C(=O)O)cccc1-c1ncn(C2CCCCO2)n1.[Zn]. The predicted molar refractivity (Wildman–Crippen MR) is 108 cm³/mol. The molecule has 1 unspecified atom stereocenters. The fourth-order valence-electron chi connectivity index (χ4n) is 3.27. The van der Waals surface area contributed by atoms with Crippen LogP contribution in [-0.4, -0.2) is 49.8 Å². The van der Waals surface area contributed by atoms with Crippen LogP contribution in [0.5, 0.6) is 5.75 Å². The first-order chi connectivity index (χ1) is 14.6. The van der Waals surface area contributed by atoms with E-state index in [4.69, 9.17) is 21.1 Å². The molecule has 10 nitrogen and oxygen atoms in total. The number of nitrogens with zero attached hydrogens (tertiary/aromatic N) is 5. The minimum Gasteiger partial charge on any atom is -0.494 e. The summed E-state index contributed by atoms with van der Waals surface area (Å²) in [6, 6.07) is 6.73. The van der Waals surface area contributed by atoms with E-state index in [0.29, 0.717) is 29.4 Å². The van der Waals surface area contributed by atoms with Crippen molar-refractivity contribution in [3.63, 3.8) is 0 Å². The van der Waals surface area contributed by atoms with E-state index in [0.717, 1.165) is 19.3 Å². The maximum atomic E-state index is 11.5. The minimum absolute atomic E-state index is 0. The van der Waals surface area contributed by atoms with E-state index in [2.05, 4.69) is 25.6 Å². The predicted octanol–water partition coefficient (Wildman–Crippen LogP) is 3.54. The van der Waals surface area contributed by atoms with Gasteiger partial charge in [0.25, 0.3) is 0 Å². The van der Waals surface area contributed by atoms with Crippen LogP contribution in [0, 0.1) is 0 Å². The van der Waals surface area contributed by atoms with E-state index < -0.39 is 5.97 Å². The number of carbonyl (C=O) groups is 1. The molecule has 0 aliphatic carbocycles. The molecule has 2 aromatic heterocycles. The van der Waals surface area contributed by atoms with Crippen molar-refractivity contribution in [2.45, 2.75) is 25.5 Å². The number of ether oxygens (including phenoxy) is 2. The fourth-order valence-corrected chi connectivity index (χ4v) is 3.41. The number of aromatic nitrogens is 5. The van der Waals surface area contributed by atoms with Crippen LogP contribution in [-0.2, 0) is 24.2 Å². The van der Waals surface area contributed by atoms with Crippen LogP contribution < -0.4 is 10.1 Å². The molecule has 4 rings (SSSR count). The average Bonchev–Trinajstić information content (AvgIpc) is 3.24. The quantitative estimate of drug-likeness (QED) is 0.493. The Balaban J connectivity index is 0.00000272. The van der Waals surface area contributed by atoms with Crippen LogP contribution in [0.25, 0.3) is 11.4 Å². The summed E-state index contributed by atoms with van der Waals surface area (Å²) in [7, 11) is 1.52. The molecule has 1 aromatic carbocycles. The van der Waals surface area contributed by atoms with Crippen molar-refractivity contribution in [3.8, 4) is 17.1 Å². The normalized spacial score (nSPS) is 15.7. The molecule has 3 heterocycles. The fraction of sp³-hybridized carbons (Fsp3) is 0.316. The third kappa shape index (κ3) is 5.00. The van der Waals surface area contributed by atoms with E-state index in [-0.39, 0.29) is 42.2 Å². The molecular weight excluding hydrogens is 477 g/mol. The van der Waals surface area contributed by atoms with Gasteiger partial charge >= 0.3 is 5.97 Å². The minimum atomic E-state index is -1.23. The number of carboxylic acids is 1. The molecule has 1 atom stereocenters. The number of hydrogen-bond donors (Lipinski definition) is 2. The van der Waals surface area contributed by atoms with Gasteiger partial charge in [0.15, 0.2) is 28.6 Å². The van der Waals surface area contributed by atoms with Gasteiger partial charge < -0.3 is 19.9 Å². The van der Waals surface area contributed by atoms with E-state index in [1.807, 2.05) is 6.07 Å². The summed E-state index contributed by atoms with van der Waals surface area (Å²) < 4.78 is 13.1. The average molecular weight is 496 g/mol. The first-order valence-corrected chi connectivity index (χ1v) is 9.68. The molecule has 2 N–H and O–H groups in total. The summed E-state index contributed by atoms with van der Waals surface area (Å²) >= 11 is 5.89. The molecule has 31 heavy (non-hydrogen) atoms. The molecule has 1 fully saturated rings. The van der Waals surface area contributed by atoms with Crippen LogP contribution in [0.4, 0.5) is 11.4 Å². The van der Waals surface area contributed by atoms with Gasteiger partial charge in [0.2, 0.25) is 0 Å². The van der Waals surface area contributed by atoms with Gasteiger partial charge in [-0.3, -0.25) is 0 Å². The largest absolute Gasteiger partial charge is 0.494 e. The molecule has 0 amide bonds. The molecule has 3 aromatic rings. The van der Waals surface area contributed by atoms with Gasteiger partial charge in [-0.15, -0.1) is 15.3 Å². The molecule has 1 aliphatic heterocycles. The summed E-state index contributed by atoms with van der Waals surface area (Å²) in [6.45, 7) is 0.705. The number of aromatic carboxylic acids is 1. The second kappa shape index (κ2) is 10.1. The van der Waals surface area contributed by atoms with Gasteiger partial charge in [-0.1, -0.05) is 17.7 Å². The standard InChI is InChI=1S/C19H19ClN6O4.Zn/c1-29-17-11(18-21-10-26(25-18)15-7-2-3-8-30-15)5-4-6-12(17)22-13-9-14(20)23-24-16(13)19(27)28;/h4-6,9-10,15H,2-3,7-8H2,1H3,(H,22,23)(H,27,28);. The third-order valence-electron chi connectivity index (χ3n) is 4.66. The second-order valence-electron chi connectivity index (χ2n) is 6.62. The second-order valence-corrected chi connectivity index (χ2v) is 7.00. The number of rotatable bonds is 6. The Morgan fingerprint density at radius 1 is 1.32 bits per heavy atom. The Morgan fingerprint density at radius 3 is 2.87 bits per heavy atom. The molecule has 1 aliphatic rings. The first-order valence-electron chi connectivity index (χ1n) is 9.30. The van der Waals surface area contributed by atoms with E-state index in [1.165, 1.54) is 13.2 Å². The molecule has 0 spiro atoms. The van der Waals surface area contributed by atoms with Crippen molar-refractivity contribution < 1.29 is 38.9 Å². The number of benzene rings is 1. The maximum absolute atomic E-state index is 11.5. The van der Waals surface area contributed by atoms with Gasteiger partial charge in [-0.2, -0.15) is 0 Å². The van der Waals surface area contributed by atoms with Crippen molar-refractivity contribution in [2.75, 3.05) is 19.0 Å². The van der Waals surface area contributed by atoms with Crippen LogP contribution in [0.15, 0.2) is 30.6 Å². The number of carboxylic acid groups (broad SMARTS) is 1. The molecule has 0 radical (unpaired) electrons. The maximum Gasteiger partial charge on any atom is 0.358 e. The van der Waals surface area contributed by atoms with E-state index in [9.17, 15) is 9.90 Å². The zero-order chi connectivity index (χ0) is 21.1. The number of hydrogen-bond acceptors (Lipinski definition) is 8. The van der Waals surface area contributed by atoms with Crippen molar-refractivity contribution >= 4 is 28.9 Å². The molecule has 158 valence electrons. The zero-order valence-corrected chi connectivity index (χ0v) is 20.5. The monoisotopic (exact) mass is 494 g/mol.